The molecule has 0 aliphatic heterocycles. The number of hydrogen-bond acceptors (Lipinski definition) is 3. The Morgan fingerprint density at radius 3 is 0.659 bits per heavy atom. The first kappa shape index (κ1) is 39.9. The van der Waals surface area contributed by atoms with Gasteiger partial charge < -0.3 is 16.8 Å². The molecule has 0 heterocycles. The van der Waals surface area contributed by atoms with Crippen molar-refractivity contribution in [3.63, 3.8) is 0 Å². The third kappa shape index (κ3) is 38.9. The maximum atomic E-state index is 10.7. The van der Waals surface area contributed by atoms with Crippen LogP contribution in [0.25, 0.3) is 0 Å². The molecule has 0 aromatic rings. The third-order valence-electron chi connectivity index (χ3n) is 8.55. The lowest BCUT2D eigenvalue weighted by atomic mass is 10.0. The minimum absolute atomic E-state index is 0.155. The Labute approximate surface area is 256 Å². The standard InChI is InChI=1S/C36H73N3O2/c37-35(40)31-27-23-19-15-11-7-3-1-5-9-13-17-21-25-29-33-39-34-30-26-22-18-14-10-6-2-4-8-12-16-20-24-28-32-36(38)41/h39H,1-34H2,(H2,37,40)(H2,38,41). The highest BCUT2D eigenvalue weighted by Crippen LogP contribution is 2.15. The van der Waals surface area contributed by atoms with Gasteiger partial charge in [-0.2, -0.15) is 0 Å². The molecule has 0 spiro atoms. The molecule has 0 atom stereocenters. The van der Waals surface area contributed by atoms with Crippen molar-refractivity contribution in [2.24, 2.45) is 11.5 Å². The van der Waals surface area contributed by atoms with Gasteiger partial charge in [0.05, 0.1) is 0 Å². The highest BCUT2D eigenvalue weighted by Gasteiger charge is 1.98. The number of unbranched alkanes of at least 4 members (excludes halogenated alkanes) is 28. The van der Waals surface area contributed by atoms with Gasteiger partial charge in [-0.05, 0) is 38.8 Å². The predicted molar refractivity (Wildman–Crippen MR) is 179 cm³/mol. The fraction of sp³-hybridized carbons (Fsp3) is 0.944. The maximum absolute atomic E-state index is 10.7. The second kappa shape index (κ2) is 35.1. The summed E-state index contributed by atoms with van der Waals surface area (Å²) in [6, 6.07) is 0. The summed E-state index contributed by atoms with van der Waals surface area (Å²) in [4.78, 5) is 21.4. The third-order valence-corrected chi connectivity index (χ3v) is 8.55. The minimum atomic E-state index is -0.155. The summed E-state index contributed by atoms with van der Waals surface area (Å²) in [6.07, 6.45) is 41.3. The smallest absolute Gasteiger partial charge is 0.217 e. The van der Waals surface area contributed by atoms with Gasteiger partial charge >= 0.3 is 0 Å². The Bertz CT molecular complexity index is 495. The van der Waals surface area contributed by atoms with Gasteiger partial charge in [-0.15, -0.1) is 0 Å². The number of hydrogen-bond donors (Lipinski definition) is 3. The summed E-state index contributed by atoms with van der Waals surface area (Å²) in [5.41, 5.74) is 10.3. The van der Waals surface area contributed by atoms with Gasteiger partial charge in [0.25, 0.3) is 0 Å². The van der Waals surface area contributed by atoms with E-state index in [1.807, 2.05) is 0 Å². The molecular weight excluding hydrogens is 506 g/mol. The molecule has 5 nitrogen and oxygen atoms in total. The second-order valence-corrected chi connectivity index (χ2v) is 12.8. The van der Waals surface area contributed by atoms with Gasteiger partial charge in [-0.3, -0.25) is 9.59 Å². The van der Waals surface area contributed by atoms with E-state index >= 15 is 0 Å². The van der Waals surface area contributed by atoms with Crippen LogP contribution in [0.4, 0.5) is 0 Å². The molecule has 0 aromatic heterocycles. The molecule has 0 radical (unpaired) electrons. The minimum Gasteiger partial charge on any atom is -0.370 e. The van der Waals surface area contributed by atoms with E-state index in [1.165, 1.54) is 180 Å². The molecule has 0 aliphatic carbocycles. The van der Waals surface area contributed by atoms with E-state index in [4.69, 9.17) is 11.5 Å². The van der Waals surface area contributed by atoms with Crippen LogP contribution in [0, 0.1) is 0 Å². The molecule has 0 fully saturated rings. The lowest BCUT2D eigenvalue weighted by molar-refractivity contribution is -0.119. The first-order valence-corrected chi connectivity index (χ1v) is 18.4. The summed E-state index contributed by atoms with van der Waals surface area (Å²) in [5.74, 6) is -0.310. The molecule has 41 heavy (non-hydrogen) atoms. The van der Waals surface area contributed by atoms with Crippen LogP contribution in [0.5, 0.6) is 0 Å². The number of primary amides is 2. The first-order valence-electron chi connectivity index (χ1n) is 18.4. The number of carbonyl (C=O) groups excluding carboxylic acids is 2. The largest absolute Gasteiger partial charge is 0.370 e. The van der Waals surface area contributed by atoms with Crippen LogP contribution in [0.1, 0.15) is 205 Å². The summed E-state index contributed by atoms with van der Waals surface area (Å²) in [6.45, 7) is 2.42. The number of nitrogens with one attached hydrogen (secondary N) is 1. The lowest BCUT2D eigenvalue weighted by Crippen LogP contribution is -2.16. The Morgan fingerprint density at radius 2 is 0.463 bits per heavy atom. The highest BCUT2D eigenvalue weighted by atomic mass is 16.1. The van der Waals surface area contributed by atoms with Gasteiger partial charge in [0, 0.05) is 12.8 Å². The molecule has 0 rings (SSSR count). The van der Waals surface area contributed by atoms with Crippen molar-refractivity contribution >= 4 is 11.8 Å². The van der Waals surface area contributed by atoms with Gasteiger partial charge in [-0.1, -0.05) is 167 Å². The number of carbonyl (C=O) groups is 2. The van der Waals surface area contributed by atoms with Crippen LogP contribution >= 0.6 is 0 Å². The summed E-state index contributed by atoms with van der Waals surface area (Å²) >= 11 is 0. The topological polar surface area (TPSA) is 98.2 Å². The monoisotopic (exact) mass is 580 g/mol. The molecule has 0 saturated carbocycles. The van der Waals surface area contributed by atoms with Gasteiger partial charge in [0.15, 0.2) is 0 Å². The molecular formula is C36H73N3O2. The molecule has 0 aliphatic rings. The van der Waals surface area contributed by atoms with E-state index in [1.54, 1.807) is 0 Å². The zero-order valence-electron chi connectivity index (χ0n) is 27.5. The number of nitrogens with two attached hydrogens (primary N) is 2. The molecule has 2 amide bonds. The molecule has 0 aromatic carbocycles. The normalized spacial score (nSPS) is 11.3. The van der Waals surface area contributed by atoms with E-state index in [0.717, 1.165) is 25.7 Å². The summed E-state index contributed by atoms with van der Waals surface area (Å²) < 4.78 is 0. The van der Waals surface area contributed by atoms with Gasteiger partial charge in [-0.25, -0.2) is 0 Å². The van der Waals surface area contributed by atoms with Crippen LogP contribution in [0.3, 0.4) is 0 Å². The Hall–Kier alpha value is -1.10. The zero-order valence-corrected chi connectivity index (χ0v) is 27.5. The zero-order chi connectivity index (χ0) is 29.9. The quantitative estimate of drug-likeness (QED) is 0.0644. The van der Waals surface area contributed by atoms with Crippen LogP contribution in [-0.4, -0.2) is 24.9 Å². The Kier molecular flexibility index (Phi) is 34.2. The Morgan fingerprint density at radius 1 is 0.293 bits per heavy atom. The predicted octanol–water partition coefficient (Wildman–Crippen LogP) is 10.0. The summed E-state index contributed by atoms with van der Waals surface area (Å²) in [7, 11) is 0. The van der Waals surface area contributed by atoms with E-state index < -0.39 is 0 Å². The van der Waals surface area contributed by atoms with Crippen molar-refractivity contribution in [2.75, 3.05) is 13.1 Å². The molecule has 244 valence electrons. The number of rotatable bonds is 36. The van der Waals surface area contributed by atoms with Crippen molar-refractivity contribution in [2.45, 2.75) is 205 Å². The van der Waals surface area contributed by atoms with Crippen molar-refractivity contribution in [3.05, 3.63) is 0 Å². The van der Waals surface area contributed by atoms with Crippen LogP contribution in [0.15, 0.2) is 0 Å². The van der Waals surface area contributed by atoms with E-state index in [9.17, 15) is 9.59 Å². The molecule has 0 saturated heterocycles. The summed E-state index contributed by atoms with van der Waals surface area (Å²) in [5, 5.41) is 3.66. The maximum Gasteiger partial charge on any atom is 0.217 e. The van der Waals surface area contributed by atoms with Crippen molar-refractivity contribution in [1.82, 2.24) is 5.32 Å². The molecule has 0 bridgehead atoms. The van der Waals surface area contributed by atoms with E-state index in [-0.39, 0.29) is 11.8 Å². The van der Waals surface area contributed by atoms with Crippen molar-refractivity contribution < 1.29 is 9.59 Å². The van der Waals surface area contributed by atoms with Crippen LogP contribution in [-0.2, 0) is 9.59 Å². The van der Waals surface area contributed by atoms with Crippen molar-refractivity contribution in [1.29, 1.82) is 0 Å². The van der Waals surface area contributed by atoms with Crippen LogP contribution < -0.4 is 16.8 Å². The fourth-order valence-corrected chi connectivity index (χ4v) is 5.82. The molecule has 5 N–H and O–H groups in total. The first-order chi connectivity index (χ1) is 20.1. The van der Waals surface area contributed by atoms with Crippen molar-refractivity contribution in [3.8, 4) is 0 Å². The average molecular weight is 580 g/mol. The SMILES string of the molecule is NC(=O)CCCCCCCCCCCCCCCCCNCCCCCCCCCCCCCCCCCC(N)=O. The highest BCUT2D eigenvalue weighted by molar-refractivity contribution is 5.73. The fourth-order valence-electron chi connectivity index (χ4n) is 5.82. The molecule has 0 unspecified atom stereocenters. The lowest BCUT2D eigenvalue weighted by Gasteiger charge is -2.06. The van der Waals surface area contributed by atoms with E-state index in [0.29, 0.717) is 12.8 Å². The van der Waals surface area contributed by atoms with Gasteiger partial charge in [0.2, 0.25) is 11.8 Å². The molecule has 5 heteroatoms. The second-order valence-electron chi connectivity index (χ2n) is 12.8. The van der Waals surface area contributed by atoms with E-state index in [2.05, 4.69) is 5.32 Å². The Balaban J connectivity index is 3.04. The number of amides is 2. The average Bonchev–Trinajstić information content (AvgIpc) is 2.94. The van der Waals surface area contributed by atoms with Crippen LogP contribution in [0.2, 0.25) is 0 Å². The van der Waals surface area contributed by atoms with Gasteiger partial charge in [0.1, 0.15) is 0 Å².